The predicted molar refractivity (Wildman–Crippen MR) is 45.0 cm³/mol. The Morgan fingerprint density at radius 3 is 2.40 bits per heavy atom. The molecule has 0 amide bonds. The van der Waals surface area contributed by atoms with E-state index in [9.17, 15) is 0 Å². The van der Waals surface area contributed by atoms with Crippen LogP contribution in [0.2, 0.25) is 0 Å². The number of rotatable bonds is 1. The zero-order chi connectivity index (χ0) is 7.72. The Balaban J connectivity index is 2.54. The lowest BCUT2D eigenvalue weighted by Crippen LogP contribution is -2.25. The molecule has 0 bridgehead atoms. The second kappa shape index (κ2) is 2.75. The van der Waals surface area contributed by atoms with Crippen molar-refractivity contribution in [3.8, 4) is 0 Å². The van der Waals surface area contributed by atoms with E-state index in [1.165, 1.54) is 18.5 Å². The molecule has 0 aromatic carbocycles. The van der Waals surface area contributed by atoms with Crippen LogP contribution in [-0.4, -0.2) is 24.5 Å². The van der Waals surface area contributed by atoms with Gasteiger partial charge >= 0.3 is 0 Å². The highest BCUT2D eigenvalue weighted by molar-refractivity contribution is 5.05. The maximum atomic E-state index is 3.98. The number of nitrogens with zero attached hydrogens (tertiary/aromatic N) is 1. The fraction of sp³-hybridized carbons (Fsp3) is 0.778. The molecule has 0 spiro atoms. The van der Waals surface area contributed by atoms with Gasteiger partial charge in [0.1, 0.15) is 0 Å². The first-order valence-corrected chi connectivity index (χ1v) is 3.97. The molecule has 0 aromatic heterocycles. The molecule has 1 aliphatic heterocycles. The summed E-state index contributed by atoms with van der Waals surface area (Å²) in [5, 5.41) is 0. The Labute approximate surface area is 63.7 Å². The van der Waals surface area contributed by atoms with Gasteiger partial charge in [-0.3, -0.25) is 4.90 Å². The highest BCUT2D eigenvalue weighted by Crippen LogP contribution is 2.24. The average Bonchev–Trinajstić information content (AvgIpc) is 2.10. The van der Waals surface area contributed by atoms with Crippen LogP contribution in [0.4, 0.5) is 0 Å². The minimum Gasteiger partial charge on any atom is -0.299 e. The highest BCUT2D eigenvalue weighted by Gasteiger charge is 2.26. The summed E-state index contributed by atoms with van der Waals surface area (Å²) in [5.74, 6) is 0.853. The SMILES string of the molecule is C=C(C)[C@H]1CC(C)CN1C. The van der Waals surface area contributed by atoms with Crippen LogP contribution >= 0.6 is 0 Å². The standard InChI is InChI=1S/C9H17N/c1-7(2)9-5-8(3)6-10(9)4/h8-9H,1,5-6H2,2-4H3/t8?,9-/m1/s1. The number of hydrogen-bond acceptors (Lipinski definition) is 1. The Morgan fingerprint density at radius 1 is 1.60 bits per heavy atom. The van der Waals surface area contributed by atoms with Gasteiger partial charge in [-0.1, -0.05) is 19.1 Å². The predicted octanol–water partition coefficient (Wildman–Crippen LogP) is 1.90. The average molecular weight is 139 g/mol. The lowest BCUT2D eigenvalue weighted by Gasteiger charge is -2.18. The van der Waals surface area contributed by atoms with Gasteiger partial charge in [0.25, 0.3) is 0 Å². The Morgan fingerprint density at radius 2 is 2.20 bits per heavy atom. The van der Waals surface area contributed by atoms with E-state index in [-0.39, 0.29) is 0 Å². The second-order valence-corrected chi connectivity index (χ2v) is 3.64. The molecule has 0 aromatic rings. The fourth-order valence-electron chi connectivity index (χ4n) is 1.83. The molecule has 1 unspecified atom stereocenters. The summed E-state index contributed by atoms with van der Waals surface area (Å²) in [6, 6.07) is 0.648. The van der Waals surface area contributed by atoms with E-state index in [0.717, 1.165) is 5.92 Å². The van der Waals surface area contributed by atoms with Crippen LogP contribution < -0.4 is 0 Å². The molecule has 1 nitrogen and oxygen atoms in total. The summed E-state index contributed by atoms with van der Waals surface area (Å²) in [6.45, 7) is 9.64. The van der Waals surface area contributed by atoms with Crippen molar-refractivity contribution in [2.45, 2.75) is 26.3 Å². The molecule has 58 valence electrons. The monoisotopic (exact) mass is 139 g/mol. The molecule has 0 saturated carbocycles. The van der Waals surface area contributed by atoms with Gasteiger partial charge in [-0.15, -0.1) is 0 Å². The van der Waals surface area contributed by atoms with Crippen LogP contribution in [0.5, 0.6) is 0 Å². The summed E-state index contributed by atoms with van der Waals surface area (Å²) in [4.78, 5) is 2.40. The second-order valence-electron chi connectivity index (χ2n) is 3.64. The highest BCUT2D eigenvalue weighted by atomic mass is 15.2. The van der Waals surface area contributed by atoms with Crippen LogP contribution in [0, 0.1) is 5.92 Å². The first-order valence-electron chi connectivity index (χ1n) is 3.97. The lowest BCUT2D eigenvalue weighted by atomic mass is 10.0. The minimum absolute atomic E-state index is 0.648. The number of likely N-dealkylation sites (N-methyl/N-ethyl adjacent to an activating group) is 1. The third kappa shape index (κ3) is 1.40. The van der Waals surface area contributed by atoms with E-state index in [4.69, 9.17) is 0 Å². The van der Waals surface area contributed by atoms with Crippen molar-refractivity contribution in [2.75, 3.05) is 13.6 Å². The molecular weight excluding hydrogens is 122 g/mol. The Hall–Kier alpha value is -0.300. The Bertz CT molecular complexity index is 140. The van der Waals surface area contributed by atoms with E-state index < -0.39 is 0 Å². The summed E-state index contributed by atoms with van der Waals surface area (Å²) >= 11 is 0. The molecule has 0 aliphatic carbocycles. The molecule has 0 N–H and O–H groups in total. The summed E-state index contributed by atoms with van der Waals surface area (Å²) in [6.07, 6.45) is 1.30. The largest absolute Gasteiger partial charge is 0.299 e. The van der Waals surface area contributed by atoms with Crippen molar-refractivity contribution < 1.29 is 0 Å². The maximum Gasteiger partial charge on any atom is 0.0302 e. The summed E-state index contributed by atoms with van der Waals surface area (Å²) in [7, 11) is 2.18. The summed E-state index contributed by atoms with van der Waals surface area (Å²) in [5.41, 5.74) is 1.31. The van der Waals surface area contributed by atoms with Crippen LogP contribution in [0.3, 0.4) is 0 Å². The van der Waals surface area contributed by atoms with E-state index in [1.54, 1.807) is 0 Å². The van der Waals surface area contributed by atoms with Gasteiger partial charge in [0.2, 0.25) is 0 Å². The molecule has 1 heteroatoms. The fourth-order valence-corrected chi connectivity index (χ4v) is 1.83. The van der Waals surface area contributed by atoms with Crippen molar-refractivity contribution in [2.24, 2.45) is 5.92 Å². The topological polar surface area (TPSA) is 3.24 Å². The van der Waals surface area contributed by atoms with Crippen molar-refractivity contribution in [3.05, 3.63) is 12.2 Å². The normalized spacial score (nSPS) is 34.7. The molecule has 10 heavy (non-hydrogen) atoms. The van der Waals surface area contributed by atoms with Gasteiger partial charge in [-0.2, -0.15) is 0 Å². The smallest absolute Gasteiger partial charge is 0.0302 e. The van der Waals surface area contributed by atoms with Gasteiger partial charge < -0.3 is 0 Å². The van der Waals surface area contributed by atoms with Gasteiger partial charge in [0, 0.05) is 12.6 Å². The van der Waals surface area contributed by atoms with Crippen molar-refractivity contribution in [1.29, 1.82) is 0 Å². The van der Waals surface area contributed by atoms with Crippen LogP contribution in [-0.2, 0) is 0 Å². The first-order chi connectivity index (χ1) is 4.61. The van der Waals surface area contributed by atoms with E-state index in [2.05, 4.69) is 32.4 Å². The molecule has 1 saturated heterocycles. The molecule has 1 heterocycles. The van der Waals surface area contributed by atoms with Crippen LogP contribution in [0.1, 0.15) is 20.3 Å². The van der Waals surface area contributed by atoms with Gasteiger partial charge in [-0.05, 0) is 26.3 Å². The summed E-state index contributed by atoms with van der Waals surface area (Å²) < 4.78 is 0. The molecule has 0 radical (unpaired) electrons. The zero-order valence-electron chi connectivity index (χ0n) is 7.22. The third-order valence-corrected chi connectivity index (χ3v) is 2.33. The van der Waals surface area contributed by atoms with E-state index in [0.29, 0.717) is 6.04 Å². The molecule has 1 aliphatic rings. The quantitative estimate of drug-likeness (QED) is 0.501. The van der Waals surface area contributed by atoms with Crippen molar-refractivity contribution in [3.63, 3.8) is 0 Å². The third-order valence-electron chi connectivity index (χ3n) is 2.33. The molecule has 1 rings (SSSR count). The van der Waals surface area contributed by atoms with E-state index >= 15 is 0 Å². The maximum absolute atomic E-state index is 3.98. The first kappa shape index (κ1) is 7.80. The van der Waals surface area contributed by atoms with Gasteiger partial charge in [-0.25, -0.2) is 0 Å². The van der Waals surface area contributed by atoms with E-state index in [1.807, 2.05) is 0 Å². The Kier molecular flexibility index (Phi) is 2.14. The van der Waals surface area contributed by atoms with Gasteiger partial charge in [0.05, 0.1) is 0 Å². The minimum atomic E-state index is 0.648. The zero-order valence-corrected chi connectivity index (χ0v) is 7.22. The lowest BCUT2D eigenvalue weighted by molar-refractivity contribution is 0.340. The van der Waals surface area contributed by atoms with Crippen molar-refractivity contribution in [1.82, 2.24) is 4.90 Å². The van der Waals surface area contributed by atoms with Crippen molar-refractivity contribution >= 4 is 0 Å². The molecular formula is C9H17N. The molecule has 2 atom stereocenters. The number of likely N-dealkylation sites (tertiary alicyclic amines) is 1. The molecule has 1 fully saturated rings. The van der Waals surface area contributed by atoms with Crippen LogP contribution in [0.15, 0.2) is 12.2 Å². The number of hydrogen-bond donors (Lipinski definition) is 0. The van der Waals surface area contributed by atoms with Gasteiger partial charge in [0.15, 0.2) is 0 Å². The van der Waals surface area contributed by atoms with Crippen LogP contribution in [0.25, 0.3) is 0 Å².